The summed E-state index contributed by atoms with van der Waals surface area (Å²) in [4.78, 5) is 11.2. The molecule has 0 fully saturated rings. The topological polar surface area (TPSA) is 69.1 Å². The van der Waals surface area contributed by atoms with Gasteiger partial charge in [-0.1, -0.05) is 60.7 Å². The molecule has 0 atom stereocenters. The van der Waals surface area contributed by atoms with Crippen LogP contribution in [-0.2, 0) is 11.2 Å². The third kappa shape index (κ3) is 3.63. The summed E-state index contributed by atoms with van der Waals surface area (Å²) in [5.74, 6) is -0.293. The third-order valence-electron chi connectivity index (χ3n) is 4.05. The van der Waals surface area contributed by atoms with Crippen LogP contribution in [0.1, 0.15) is 12.0 Å². The molecule has 0 bridgehead atoms. The number of anilines is 1. The Morgan fingerprint density at radius 2 is 1.54 bits per heavy atom. The lowest BCUT2D eigenvalue weighted by atomic mass is 9.92. The van der Waals surface area contributed by atoms with E-state index in [1.54, 1.807) is 0 Å². The second kappa shape index (κ2) is 7.01. The van der Waals surface area contributed by atoms with Crippen LogP contribution in [0.2, 0.25) is 0 Å². The van der Waals surface area contributed by atoms with Crippen LogP contribution >= 0.6 is 0 Å². The molecule has 3 aromatic carbocycles. The van der Waals surface area contributed by atoms with E-state index in [2.05, 4.69) is 30.3 Å². The van der Waals surface area contributed by atoms with Gasteiger partial charge in [-0.15, -0.1) is 0 Å². The van der Waals surface area contributed by atoms with E-state index in [-0.39, 0.29) is 5.91 Å². The first-order valence-corrected chi connectivity index (χ1v) is 7.96. The van der Waals surface area contributed by atoms with E-state index in [0.717, 1.165) is 33.5 Å². The summed E-state index contributed by atoms with van der Waals surface area (Å²) in [7, 11) is 0. The highest BCUT2D eigenvalue weighted by Gasteiger charge is 2.09. The molecule has 0 unspecified atom stereocenters. The Hall–Kier alpha value is -3.07. The Morgan fingerprint density at radius 3 is 2.25 bits per heavy atom. The van der Waals surface area contributed by atoms with E-state index in [4.69, 9.17) is 11.5 Å². The van der Waals surface area contributed by atoms with Crippen molar-refractivity contribution < 1.29 is 4.79 Å². The number of carbonyl (C=O) groups excluding carboxylic acids is 1. The zero-order chi connectivity index (χ0) is 16.9. The number of aryl methyl sites for hydroxylation is 1. The van der Waals surface area contributed by atoms with Crippen LogP contribution in [-0.4, -0.2) is 5.91 Å². The Morgan fingerprint density at radius 1 is 0.792 bits per heavy atom. The van der Waals surface area contributed by atoms with E-state index in [0.29, 0.717) is 12.8 Å². The van der Waals surface area contributed by atoms with Crippen LogP contribution in [0.5, 0.6) is 0 Å². The van der Waals surface area contributed by atoms with Crippen LogP contribution in [0.3, 0.4) is 0 Å². The van der Waals surface area contributed by atoms with Crippen molar-refractivity contribution in [3.8, 4) is 22.3 Å². The first-order valence-electron chi connectivity index (χ1n) is 7.96. The molecule has 3 rings (SSSR count). The van der Waals surface area contributed by atoms with Crippen molar-refractivity contribution in [2.75, 3.05) is 5.73 Å². The van der Waals surface area contributed by atoms with Crippen LogP contribution in [0.4, 0.5) is 5.69 Å². The molecule has 0 spiro atoms. The molecule has 1 amide bonds. The molecule has 0 aromatic heterocycles. The maximum Gasteiger partial charge on any atom is 0.217 e. The molecule has 0 aliphatic rings. The summed E-state index contributed by atoms with van der Waals surface area (Å²) >= 11 is 0. The van der Waals surface area contributed by atoms with Crippen LogP contribution in [0.15, 0.2) is 72.8 Å². The number of hydrogen-bond donors (Lipinski definition) is 2. The molecule has 3 aromatic rings. The third-order valence-corrected chi connectivity index (χ3v) is 4.05. The van der Waals surface area contributed by atoms with Crippen LogP contribution < -0.4 is 11.5 Å². The highest BCUT2D eigenvalue weighted by Crippen LogP contribution is 2.30. The average Bonchev–Trinajstić information content (AvgIpc) is 2.60. The lowest BCUT2D eigenvalue weighted by Gasteiger charge is -2.13. The fraction of sp³-hybridized carbons (Fsp3) is 0.0952. The zero-order valence-corrected chi connectivity index (χ0v) is 13.4. The van der Waals surface area contributed by atoms with Gasteiger partial charge in [0.25, 0.3) is 0 Å². The van der Waals surface area contributed by atoms with Gasteiger partial charge in [0.15, 0.2) is 0 Å². The van der Waals surface area contributed by atoms with Crippen molar-refractivity contribution >= 4 is 11.6 Å². The minimum absolute atomic E-state index is 0.293. The minimum atomic E-state index is -0.293. The van der Waals surface area contributed by atoms with Gasteiger partial charge in [-0.2, -0.15) is 0 Å². The second-order valence-electron chi connectivity index (χ2n) is 5.83. The Bertz CT molecular complexity index is 857. The van der Waals surface area contributed by atoms with Crippen molar-refractivity contribution in [3.63, 3.8) is 0 Å². The largest absolute Gasteiger partial charge is 0.399 e. The van der Waals surface area contributed by atoms with Gasteiger partial charge in [-0.25, -0.2) is 0 Å². The predicted octanol–water partition coefficient (Wildman–Crippen LogP) is 4.02. The fourth-order valence-corrected chi connectivity index (χ4v) is 2.86. The number of nitrogens with two attached hydrogens (primary N) is 2. The van der Waals surface area contributed by atoms with Crippen molar-refractivity contribution in [2.24, 2.45) is 5.73 Å². The summed E-state index contributed by atoms with van der Waals surface area (Å²) in [5.41, 5.74) is 17.5. The van der Waals surface area contributed by atoms with E-state index in [1.165, 1.54) is 0 Å². The monoisotopic (exact) mass is 316 g/mol. The van der Waals surface area contributed by atoms with Crippen molar-refractivity contribution in [1.82, 2.24) is 0 Å². The Balaban J connectivity index is 2.06. The highest BCUT2D eigenvalue weighted by atomic mass is 16.1. The van der Waals surface area contributed by atoms with Gasteiger partial charge in [-0.3, -0.25) is 4.79 Å². The van der Waals surface area contributed by atoms with Crippen LogP contribution in [0.25, 0.3) is 22.3 Å². The lowest BCUT2D eigenvalue weighted by molar-refractivity contribution is -0.117. The summed E-state index contributed by atoms with van der Waals surface area (Å²) in [6, 6.07) is 24.3. The zero-order valence-electron chi connectivity index (χ0n) is 13.4. The van der Waals surface area contributed by atoms with Gasteiger partial charge in [0.05, 0.1) is 0 Å². The molecule has 3 nitrogen and oxygen atoms in total. The van der Waals surface area contributed by atoms with Gasteiger partial charge in [-0.05, 0) is 46.4 Å². The van der Waals surface area contributed by atoms with Gasteiger partial charge in [0.1, 0.15) is 0 Å². The van der Waals surface area contributed by atoms with Gasteiger partial charge in [0.2, 0.25) is 5.91 Å². The number of rotatable bonds is 5. The average molecular weight is 316 g/mol. The van der Waals surface area contributed by atoms with Crippen molar-refractivity contribution in [3.05, 3.63) is 78.4 Å². The SMILES string of the molecule is NC(=O)CCc1cc(-c2ccccc2)ccc1-c1cccc(N)c1. The normalized spacial score (nSPS) is 10.5. The molecular weight excluding hydrogens is 296 g/mol. The lowest BCUT2D eigenvalue weighted by Crippen LogP contribution is -2.11. The highest BCUT2D eigenvalue weighted by molar-refractivity contribution is 5.77. The number of primary amides is 1. The maximum atomic E-state index is 11.2. The summed E-state index contributed by atoms with van der Waals surface area (Å²) in [6.07, 6.45) is 0.938. The number of carbonyl (C=O) groups is 1. The molecule has 0 aliphatic heterocycles. The number of benzene rings is 3. The minimum Gasteiger partial charge on any atom is -0.399 e. The number of nitrogen functional groups attached to an aromatic ring is 1. The maximum absolute atomic E-state index is 11.2. The molecule has 0 saturated carbocycles. The van der Waals surface area contributed by atoms with E-state index >= 15 is 0 Å². The summed E-state index contributed by atoms with van der Waals surface area (Å²) in [5, 5.41) is 0. The Labute approximate surface area is 141 Å². The number of amides is 1. The molecule has 3 heteroatoms. The molecular formula is C21H20N2O. The van der Waals surface area contributed by atoms with Gasteiger partial charge >= 0.3 is 0 Å². The predicted molar refractivity (Wildman–Crippen MR) is 99.2 cm³/mol. The number of hydrogen-bond acceptors (Lipinski definition) is 2. The van der Waals surface area contributed by atoms with E-state index < -0.39 is 0 Å². The Kier molecular flexibility index (Phi) is 4.62. The molecule has 0 radical (unpaired) electrons. The van der Waals surface area contributed by atoms with Crippen molar-refractivity contribution in [2.45, 2.75) is 12.8 Å². The molecule has 120 valence electrons. The molecule has 0 heterocycles. The quantitative estimate of drug-likeness (QED) is 0.698. The second-order valence-corrected chi connectivity index (χ2v) is 5.83. The van der Waals surface area contributed by atoms with Crippen LogP contribution in [0, 0.1) is 0 Å². The molecule has 0 aliphatic carbocycles. The first-order chi connectivity index (χ1) is 11.6. The molecule has 0 saturated heterocycles. The van der Waals surface area contributed by atoms with Gasteiger partial charge in [0, 0.05) is 12.1 Å². The molecule has 24 heavy (non-hydrogen) atoms. The standard InChI is InChI=1S/C21H20N2O/c22-19-8-4-7-17(14-19)20-11-9-16(15-5-2-1-3-6-15)13-18(20)10-12-21(23)24/h1-9,11,13-14H,10,12,22H2,(H2,23,24). The van der Waals surface area contributed by atoms with Gasteiger partial charge < -0.3 is 11.5 Å². The van der Waals surface area contributed by atoms with Crippen molar-refractivity contribution in [1.29, 1.82) is 0 Å². The smallest absolute Gasteiger partial charge is 0.217 e. The summed E-state index contributed by atoms with van der Waals surface area (Å²) < 4.78 is 0. The van der Waals surface area contributed by atoms with E-state index in [9.17, 15) is 4.79 Å². The first kappa shape index (κ1) is 15.8. The fourth-order valence-electron chi connectivity index (χ4n) is 2.86. The summed E-state index contributed by atoms with van der Waals surface area (Å²) in [6.45, 7) is 0. The van der Waals surface area contributed by atoms with E-state index in [1.807, 2.05) is 42.5 Å². The molecule has 4 N–H and O–H groups in total.